The number of rotatable bonds is 5. The first-order chi connectivity index (χ1) is 9.89. The lowest BCUT2D eigenvalue weighted by Gasteiger charge is -2.19. The summed E-state index contributed by atoms with van der Waals surface area (Å²) in [5.41, 5.74) is 5.51. The van der Waals surface area contributed by atoms with Gasteiger partial charge in [-0.2, -0.15) is 11.8 Å². The molecule has 2 rings (SSSR count). The smallest absolute Gasteiger partial charge is 0.243 e. The fourth-order valence-corrected chi connectivity index (χ4v) is 5.35. The van der Waals surface area contributed by atoms with Crippen LogP contribution in [0.3, 0.4) is 0 Å². The average Bonchev–Trinajstić information content (AvgIpc) is 2.87. The van der Waals surface area contributed by atoms with Crippen molar-refractivity contribution in [2.24, 2.45) is 5.73 Å². The van der Waals surface area contributed by atoms with E-state index in [4.69, 9.17) is 17.3 Å². The molecular weight excluding hydrogens is 335 g/mol. The van der Waals surface area contributed by atoms with Gasteiger partial charge >= 0.3 is 0 Å². The van der Waals surface area contributed by atoms with Crippen molar-refractivity contribution in [2.75, 3.05) is 6.26 Å². The molecule has 0 heterocycles. The first-order valence-electron chi connectivity index (χ1n) is 6.62. The van der Waals surface area contributed by atoms with Crippen LogP contribution in [-0.2, 0) is 16.6 Å². The van der Waals surface area contributed by atoms with E-state index >= 15 is 0 Å². The Balaban J connectivity index is 2.34. The molecule has 1 aromatic rings. The van der Waals surface area contributed by atoms with E-state index in [1.807, 2.05) is 6.26 Å². The molecule has 4 nitrogen and oxygen atoms in total. The van der Waals surface area contributed by atoms with Crippen molar-refractivity contribution >= 4 is 33.4 Å². The van der Waals surface area contributed by atoms with Crippen molar-refractivity contribution in [3.05, 3.63) is 28.5 Å². The van der Waals surface area contributed by atoms with Crippen LogP contribution in [0, 0.1) is 5.82 Å². The minimum atomic E-state index is -3.95. The highest BCUT2D eigenvalue weighted by atomic mass is 35.5. The third-order valence-corrected chi connectivity index (χ3v) is 6.53. The van der Waals surface area contributed by atoms with Gasteiger partial charge < -0.3 is 5.73 Å². The summed E-state index contributed by atoms with van der Waals surface area (Å²) in [5.74, 6) is -0.826. The van der Waals surface area contributed by atoms with Crippen molar-refractivity contribution in [3.63, 3.8) is 0 Å². The summed E-state index contributed by atoms with van der Waals surface area (Å²) in [5, 5.41) is 0.376. The predicted octanol–water partition coefficient (Wildman–Crippen LogP) is 2.50. The summed E-state index contributed by atoms with van der Waals surface area (Å²) in [4.78, 5) is -0.429. The third-order valence-electron chi connectivity index (χ3n) is 3.65. The summed E-state index contributed by atoms with van der Waals surface area (Å²) < 4.78 is 41.7. The Labute approximate surface area is 133 Å². The molecule has 21 heavy (non-hydrogen) atoms. The summed E-state index contributed by atoms with van der Waals surface area (Å²) in [7, 11) is -3.95. The number of nitrogens with two attached hydrogens (primary N) is 1. The molecule has 3 N–H and O–H groups in total. The molecule has 0 bridgehead atoms. The van der Waals surface area contributed by atoms with Gasteiger partial charge in [-0.05, 0) is 31.2 Å². The molecule has 2 unspecified atom stereocenters. The second-order valence-electron chi connectivity index (χ2n) is 5.01. The number of halogens is 2. The van der Waals surface area contributed by atoms with Gasteiger partial charge in [-0.25, -0.2) is 17.5 Å². The fourth-order valence-electron chi connectivity index (χ4n) is 2.57. The van der Waals surface area contributed by atoms with Gasteiger partial charge in [0.2, 0.25) is 10.0 Å². The van der Waals surface area contributed by atoms with Crippen LogP contribution in [0.15, 0.2) is 17.0 Å². The number of sulfonamides is 1. The number of nitrogens with one attached hydrogen (secondary N) is 1. The van der Waals surface area contributed by atoms with Crippen molar-refractivity contribution < 1.29 is 12.8 Å². The molecule has 0 spiro atoms. The van der Waals surface area contributed by atoms with Gasteiger partial charge in [0, 0.05) is 28.4 Å². The van der Waals surface area contributed by atoms with Crippen LogP contribution in [0.1, 0.15) is 24.8 Å². The minimum Gasteiger partial charge on any atom is -0.326 e. The molecule has 1 aliphatic rings. The highest BCUT2D eigenvalue weighted by Gasteiger charge is 2.32. The van der Waals surface area contributed by atoms with E-state index in [1.165, 1.54) is 6.07 Å². The Hall–Kier alpha value is -0.340. The van der Waals surface area contributed by atoms with Crippen molar-refractivity contribution in [3.8, 4) is 0 Å². The Kier molecular flexibility index (Phi) is 5.54. The lowest BCUT2D eigenvalue weighted by Crippen LogP contribution is -2.39. The van der Waals surface area contributed by atoms with E-state index in [1.54, 1.807) is 11.8 Å². The van der Waals surface area contributed by atoms with E-state index in [-0.39, 0.29) is 28.4 Å². The average molecular weight is 353 g/mol. The Morgan fingerprint density at radius 1 is 1.48 bits per heavy atom. The van der Waals surface area contributed by atoms with Gasteiger partial charge in [-0.15, -0.1) is 0 Å². The van der Waals surface area contributed by atoms with Crippen LogP contribution in [-0.4, -0.2) is 26.0 Å². The zero-order chi connectivity index (χ0) is 15.6. The monoisotopic (exact) mass is 352 g/mol. The molecule has 0 radical (unpaired) electrons. The third kappa shape index (κ3) is 3.71. The Bertz CT molecular complexity index is 625. The predicted molar refractivity (Wildman–Crippen MR) is 84.6 cm³/mol. The van der Waals surface area contributed by atoms with Crippen molar-refractivity contribution in [2.45, 2.75) is 42.0 Å². The van der Waals surface area contributed by atoms with Crippen molar-refractivity contribution in [1.29, 1.82) is 0 Å². The van der Waals surface area contributed by atoms with Gasteiger partial charge in [-0.3, -0.25) is 0 Å². The van der Waals surface area contributed by atoms with E-state index in [9.17, 15) is 12.8 Å². The van der Waals surface area contributed by atoms with E-state index in [0.29, 0.717) is 0 Å². The zero-order valence-electron chi connectivity index (χ0n) is 11.6. The number of benzene rings is 1. The van der Waals surface area contributed by atoms with Gasteiger partial charge in [0.05, 0.1) is 0 Å². The largest absolute Gasteiger partial charge is 0.326 e. The molecule has 1 saturated carbocycles. The van der Waals surface area contributed by atoms with E-state index in [2.05, 4.69) is 4.72 Å². The second kappa shape index (κ2) is 6.83. The topological polar surface area (TPSA) is 72.2 Å². The lowest BCUT2D eigenvalue weighted by atomic mass is 10.2. The summed E-state index contributed by atoms with van der Waals surface area (Å²) >= 11 is 7.49. The highest BCUT2D eigenvalue weighted by Crippen LogP contribution is 2.30. The molecule has 0 saturated heterocycles. The first-order valence-corrected chi connectivity index (χ1v) is 9.77. The lowest BCUT2D eigenvalue weighted by molar-refractivity contribution is 0.534. The van der Waals surface area contributed by atoms with Crippen LogP contribution in [0.5, 0.6) is 0 Å². The highest BCUT2D eigenvalue weighted by molar-refractivity contribution is 7.99. The maximum absolute atomic E-state index is 14.2. The van der Waals surface area contributed by atoms with E-state index in [0.717, 1.165) is 25.3 Å². The molecule has 1 aromatic carbocycles. The van der Waals surface area contributed by atoms with Gasteiger partial charge in [-0.1, -0.05) is 18.0 Å². The molecule has 0 aliphatic heterocycles. The number of hydrogen-bond donors (Lipinski definition) is 2. The summed E-state index contributed by atoms with van der Waals surface area (Å²) in [6.07, 6.45) is 4.63. The minimum absolute atomic E-state index is 0.0933. The van der Waals surface area contributed by atoms with E-state index < -0.39 is 20.7 Å². The quantitative estimate of drug-likeness (QED) is 0.854. The fraction of sp³-hybridized carbons (Fsp3) is 0.538. The van der Waals surface area contributed by atoms with Crippen LogP contribution >= 0.6 is 23.4 Å². The Morgan fingerprint density at radius 3 is 2.81 bits per heavy atom. The van der Waals surface area contributed by atoms with Crippen molar-refractivity contribution in [1.82, 2.24) is 4.72 Å². The summed E-state index contributed by atoms with van der Waals surface area (Å²) in [6, 6.07) is 2.29. The SMILES string of the molecule is CSC1CCCC1NS(=O)(=O)c1cc(Cl)cc(CN)c1F. The maximum atomic E-state index is 14.2. The molecule has 0 amide bonds. The summed E-state index contributed by atoms with van der Waals surface area (Å²) in [6.45, 7) is -0.105. The van der Waals surface area contributed by atoms with Gasteiger partial charge in [0.25, 0.3) is 0 Å². The Morgan fingerprint density at radius 2 is 2.19 bits per heavy atom. The zero-order valence-corrected chi connectivity index (χ0v) is 14.0. The first kappa shape index (κ1) is 17.0. The normalized spacial score (nSPS) is 22.7. The molecule has 1 fully saturated rings. The number of hydrogen-bond acceptors (Lipinski definition) is 4. The molecule has 8 heteroatoms. The molecule has 0 aromatic heterocycles. The number of thioether (sulfide) groups is 1. The van der Waals surface area contributed by atoms with Gasteiger partial charge in [0.15, 0.2) is 0 Å². The van der Waals surface area contributed by atoms with Crippen LogP contribution in [0.25, 0.3) is 0 Å². The van der Waals surface area contributed by atoms with Crippen LogP contribution in [0.4, 0.5) is 4.39 Å². The maximum Gasteiger partial charge on any atom is 0.243 e. The molecular formula is C13H18ClFN2O2S2. The molecule has 2 atom stereocenters. The molecule has 118 valence electrons. The van der Waals surface area contributed by atoms with Crippen LogP contribution in [0.2, 0.25) is 5.02 Å². The van der Waals surface area contributed by atoms with Crippen LogP contribution < -0.4 is 10.5 Å². The molecule has 1 aliphatic carbocycles. The van der Waals surface area contributed by atoms with Gasteiger partial charge in [0.1, 0.15) is 10.7 Å². The second-order valence-corrected chi connectivity index (χ2v) is 8.21. The standard InChI is InChI=1S/C13H18ClFN2O2S2/c1-20-11-4-2-3-10(11)17-21(18,19)12-6-9(14)5-8(7-16)13(12)15/h5-6,10-11,17H,2-4,7,16H2,1H3.